The maximum Gasteiger partial charge on any atom is 0.227 e. The van der Waals surface area contributed by atoms with Crippen LogP contribution in [0.5, 0.6) is 0 Å². The fourth-order valence-corrected chi connectivity index (χ4v) is 4.50. The largest absolute Gasteiger partial charge is 0.326 e. The highest BCUT2D eigenvalue weighted by Gasteiger charge is 2.26. The topological polar surface area (TPSA) is 105 Å². The van der Waals surface area contributed by atoms with Crippen LogP contribution in [0.15, 0.2) is 42.3 Å². The number of carbonyl (C=O) groups excluding carboxylic acids is 2. The molecule has 1 aliphatic heterocycles. The Bertz CT molecular complexity index is 1180. The van der Waals surface area contributed by atoms with E-state index in [9.17, 15) is 9.59 Å². The lowest BCUT2D eigenvalue weighted by atomic mass is 9.89. The van der Waals surface area contributed by atoms with E-state index in [1.165, 1.54) is 11.3 Å². The highest BCUT2D eigenvalue weighted by molar-refractivity contribution is 7.71. The van der Waals surface area contributed by atoms with Crippen LogP contribution in [0.2, 0.25) is 0 Å². The van der Waals surface area contributed by atoms with Crippen molar-refractivity contribution >= 4 is 46.2 Å². The monoisotopic (exact) mass is 454 g/mol. The van der Waals surface area contributed by atoms with Crippen molar-refractivity contribution < 1.29 is 9.59 Å². The summed E-state index contributed by atoms with van der Waals surface area (Å²) in [7, 11) is 0. The smallest absolute Gasteiger partial charge is 0.227 e. The molecule has 2 amide bonds. The van der Waals surface area contributed by atoms with Gasteiger partial charge in [-0.05, 0) is 36.7 Å². The Morgan fingerprint density at radius 3 is 3.10 bits per heavy atom. The number of nitrogens with one attached hydrogen (secondary N) is 3. The molecular formula is C21H22N6O2S2. The van der Waals surface area contributed by atoms with E-state index in [4.69, 9.17) is 12.2 Å². The molecular weight excluding hydrogens is 432 g/mol. The maximum atomic E-state index is 12.4. The van der Waals surface area contributed by atoms with Gasteiger partial charge in [0, 0.05) is 30.0 Å². The second-order valence-corrected chi connectivity index (χ2v) is 8.54. The molecule has 0 fully saturated rings. The van der Waals surface area contributed by atoms with Crippen LogP contribution in [0.4, 0.5) is 10.8 Å². The zero-order chi connectivity index (χ0) is 21.8. The third kappa shape index (κ3) is 4.97. The van der Waals surface area contributed by atoms with Crippen molar-refractivity contribution in [2.24, 2.45) is 5.92 Å². The van der Waals surface area contributed by atoms with Crippen molar-refractivity contribution in [3.05, 3.63) is 64.2 Å². The standard InChI is InChI=1S/C21H22N6O2S2/c1-2-9-27-17(25-26-21(27)30)11-15-12-31-20(22-15)24-18(28)8-7-14-10-13-5-3-4-6-16(13)23-19(14)29/h2-6,12,14H,1,7-11H2,(H,23,29)(H,26,30)(H,22,24,28)/t14-/m0/s1. The van der Waals surface area contributed by atoms with E-state index in [1.54, 1.807) is 6.08 Å². The predicted octanol–water partition coefficient (Wildman–Crippen LogP) is 3.70. The fraction of sp³-hybridized carbons (Fsp3) is 0.286. The molecule has 3 aromatic rings. The lowest BCUT2D eigenvalue weighted by Crippen LogP contribution is -2.30. The van der Waals surface area contributed by atoms with Gasteiger partial charge in [-0.25, -0.2) is 4.98 Å². The number of thiazole rings is 1. The highest BCUT2D eigenvalue weighted by Crippen LogP contribution is 2.27. The number of fused-ring (bicyclic) bond motifs is 1. The summed E-state index contributed by atoms with van der Waals surface area (Å²) in [5.41, 5.74) is 2.76. The Morgan fingerprint density at radius 1 is 1.42 bits per heavy atom. The number of para-hydroxylation sites is 1. The molecule has 1 aliphatic rings. The van der Waals surface area contributed by atoms with Gasteiger partial charge in [0.25, 0.3) is 0 Å². The van der Waals surface area contributed by atoms with Gasteiger partial charge in [-0.3, -0.25) is 19.3 Å². The minimum atomic E-state index is -0.208. The Kier molecular flexibility index (Phi) is 6.38. The molecule has 3 N–H and O–H groups in total. The number of rotatable bonds is 8. The van der Waals surface area contributed by atoms with Crippen LogP contribution in [0, 0.1) is 10.7 Å². The van der Waals surface area contributed by atoms with Gasteiger partial charge in [-0.1, -0.05) is 24.3 Å². The van der Waals surface area contributed by atoms with Crippen LogP contribution in [-0.4, -0.2) is 31.6 Å². The number of nitrogens with zero attached hydrogens (tertiary/aromatic N) is 3. The van der Waals surface area contributed by atoms with E-state index in [0.29, 0.717) is 35.7 Å². The van der Waals surface area contributed by atoms with Gasteiger partial charge in [0.2, 0.25) is 11.8 Å². The normalized spacial score (nSPS) is 15.2. The molecule has 0 unspecified atom stereocenters. The molecule has 0 bridgehead atoms. The van der Waals surface area contributed by atoms with E-state index in [0.717, 1.165) is 22.8 Å². The van der Waals surface area contributed by atoms with Crippen molar-refractivity contribution in [3.8, 4) is 0 Å². The molecule has 10 heteroatoms. The van der Waals surface area contributed by atoms with Crippen LogP contribution < -0.4 is 10.6 Å². The van der Waals surface area contributed by atoms with Gasteiger partial charge < -0.3 is 10.6 Å². The van der Waals surface area contributed by atoms with Crippen molar-refractivity contribution in [1.29, 1.82) is 0 Å². The van der Waals surface area contributed by atoms with Crippen molar-refractivity contribution in [2.45, 2.75) is 32.2 Å². The Balaban J connectivity index is 1.31. The average Bonchev–Trinajstić information content (AvgIpc) is 3.34. The van der Waals surface area contributed by atoms with Crippen LogP contribution in [-0.2, 0) is 29.0 Å². The van der Waals surface area contributed by atoms with Gasteiger partial charge in [0.15, 0.2) is 9.90 Å². The summed E-state index contributed by atoms with van der Waals surface area (Å²) in [6.07, 6.45) is 3.64. The Labute approximate surface area is 188 Å². The molecule has 0 saturated carbocycles. The molecule has 1 atom stereocenters. The van der Waals surface area contributed by atoms with Gasteiger partial charge in [-0.15, -0.1) is 17.9 Å². The average molecular weight is 455 g/mol. The maximum absolute atomic E-state index is 12.4. The van der Waals surface area contributed by atoms with E-state index >= 15 is 0 Å². The van der Waals surface area contributed by atoms with Gasteiger partial charge >= 0.3 is 0 Å². The number of carbonyl (C=O) groups is 2. The fourth-order valence-electron chi connectivity index (χ4n) is 3.54. The number of aromatic nitrogens is 4. The minimum Gasteiger partial charge on any atom is -0.326 e. The molecule has 31 heavy (non-hydrogen) atoms. The molecule has 0 radical (unpaired) electrons. The van der Waals surface area contributed by atoms with Crippen LogP contribution in [0.1, 0.15) is 29.9 Å². The number of benzene rings is 1. The summed E-state index contributed by atoms with van der Waals surface area (Å²) in [5, 5.41) is 15.2. The summed E-state index contributed by atoms with van der Waals surface area (Å²) in [5.74, 6) is 0.370. The van der Waals surface area contributed by atoms with Crippen LogP contribution >= 0.6 is 23.6 Å². The molecule has 1 aromatic carbocycles. The second-order valence-electron chi connectivity index (χ2n) is 7.30. The summed E-state index contributed by atoms with van der Waals surface area (Å²) in [4.78, 5) is 29.2. The molecule has 0 aliphatic carbocycles. The quantitative estimate of drug-likeness (QED) is 0.356. The van der Waals surface area contributed by atoms with Crippen LogP contribution in [0.25, 0.3) is 0 Å². The Morgan fingerprint density at radius 2 is 2.26 bits per heavy atom. The van der Waals surface area contributed by atoms with E-state index in [2.05, 4.69) is 32.4 Å². The lowest BCUT2D eigenvalue weighted by Gasteiger charge is -2.24. The number of hydrogen-bond acceptors (Lipinski definition) is 6. The number of allylic oxidation sites excluding steroid dienone is 1. The zero-order valence-electron chi connectivity index (χ0n) is 16.8. The molecule has 0 saturated heterocycles. The number of hydrogen-bond donors (Lipinski definition) is 3. The van der Waals surface area contributed by atoms with Crippen molar-refractivity contribution in [2.75, 3.05) is 10.6 Å². The number of aromatic amines is 1. The van der Waals surface area contributed by atoms with Crippen molar-refractivity contribution in [3.63, 3.8) is 0 Å². The van der Waals surface area contributed by atoms with E-state index in [-0.39, 0.29) is 24.2 Å². The molecule has 2 aromatic heterocycles. The van der Waals surface area contributed by atoms with Gasteiger partial charge in [0.1, 0.15) is 5.82 Å². The first-order valence-electron chi connectivity index (χ1n) is 9.91. The van der Waals surface area contributed by atoms with E-state index < -0.39 is 0 Å². The van der Waals surface area contributed by atoms with Crippen LogP contribution in [0.3, 0.4) is 0 Å². The Hall–Kier alpha value is -3.11. The molecule has 4 rings (SSSR count). The molecule has 8 nitrogen and oxygen atoms in total. The molecule has 0 spiro atoms. The summed E-state index contributed by atoms with van der Waals surface area (Å²) < 4.78 is 2.39. The number of H-pyrrole nitrogens is 1. The third-order valence-electron chi connectivity index (χ3n) is 5.12. The summed E-state index contributed by atoms with van der Waals surface area (Å²) in [6, 6.07) is 7.76. The van der Waals surface area contributed by atoms with Crippen molar-refractivity contribution in [1.82, 2.24) is 19.7 Å². The molecule has 160 valence electrons. The first kappa shape index (κ1) is 21.1. The third-order valence-corrected chi connectivity index (χ3v) is 6.24. The number of anilines is 2. The second kappa shape index (κ2) is 9.36. The summed E-state index contributed by atoms with van der Waals surface area (Å²) in [6.45, 7) is 4.30. The van der Waals surface area contributed by atoms with E-state index in [1.807, 2.05) is 34.2 Å². The molecule has 3 heterocycles. The zero-order valence-corrected chi connectivity index (χ0v) is 18.4. The van der Waals surface area contributed by atoms with Gasteiger partial charge in [-0.2, -0.15) is 5.10 Å². The van der Waals surface area contributed by atoms with Gasteiger partial charge in [0.05, 0.1) is 12.1 Å². The number of amides is 2. The first-order chi connectivity index (χ1) is 15.0. The first-order valence-corrected chi connectivity index (χ1v) is 11.2. The predicted molar refractivity (Wildman–Crippen MR) is 123 cm³/mol. The highest BCUT2D eigenvalue weighted by atomic mass is 32.1. The SMILES string of the molecule is C=CCn1c(Cc2csc(NC(=O)CC[C@H]3Cc4ccccc4NC3=O)n2)n[nH]c1=S. The lowest BCUT2D eigenvalue weighted by molar-refractivity contribution is -0.121. The minimum absolute atomic E-state index is 0.0315. The summed E-state index contributed by atoms with van der Waals surface area (Å²) >= 11 is 6.58.